The predicted octanol–water partition coefficient (Wildman–Crippen LogP) is 3.11. The van der Waals surface area contributed by atoms with Crippen LogP contribution in [-0.4, -0.2) is 11.0 Å². The monoisotopic (exact) mass is 220 g/mol. The maximum Gasteiger partial charge on any atom is 0.274 e. The fourth-order valence-corrected chi connectivity index (χ4v) is 1.81. The minimum Gasteiger partial charge on any atom is -0.382 e. The molecule has 1 atom stereocenters. The Labute approximate surface area is 94.8 Å². The van der Waals surface area contributed by atoms with E-state index in [0.717, 1.165) is 12.1 Å². The molecular weight excluding hydrogens is 204 g/mol. The summed E-state index contributed by atoms with van der Waals surface area (Å²) in [4.78, 5) is 10.4. The number of nitrogens with one attached hydrogen (secondary N) is 1. The van der Waals surface area contributed by atoms with Crippen LogP contribution in [0.1, 0.15) is 25.8 Å². The van der Waals surface area contributed by atoms with E-state index in [9.17, 15) is 10.1 Å². The van der Waals surface area contributed by atoms with Gasteiger partial charge in [-0.15, -0.1) is 0 Å². The maximum atomic E-state index is 10.8. The molecule has 1 fully saturated rings. The lowest BCUT2D eigenvalue weighted by molar-refractivity contribution is -0.385. The van der Waals surface area contributed by atoms with Crippen molar-refractivity contribution in [2.45, 2.75) is 33.2 Å². The Balaban J connectivity index is 2.17. The van der Waals surface area contributed by atoms with Crippen LogP contribution in [0, 0.1) is 22.5 Å². The largest absolute Gasteiger partial charge is 0.382 e. The second-order valence-corrected chi connectivity index (χ2v) is 5.15. The Kier molecular flexibility index (Phi) is 2.37. The van der Waals surface area contributed by atoms with E-state index < -0.39 is 0 Å². The van der Waals surface area contributed by atoms with Crippen LogP contribution < -0.4 is 5.32 Å². The molecule has 1 N–H and O–H groups in total. The fraction of sp³-hybridized carbons (Fsp3) is 0.500. The number of hydrogen-bond acceptors (Lipinski definition) is 3. The molecule has 4 heteroatoms. The summed E-state index contributed by atoms with van der Waals surface area (Å²) in [6.07, 6.45) is 1.12. The van der Waals surface area contributed by atoms with Crippen molar-refractivity contribution >= 4 is 11.4 Å². The third-order valence-corrected chi connectivity index (χ3v) is 3.26. The highest BCUT2D eigenvalue weighted by Crippen LogP contribution is 2.46. The van der Waals surface area contributed by atoms with E-state index in [1.807, 2.05) is 6.07 Å². The van der Waals surface area contributed by atoms with E-state index >= 15 is 0 Å². The van der Waals surface area contributed by atoms with Crippen molar-refractivity contribution in [3.05, 3.63) is 33.9 Å². The van der Waals surface area contributed by atoms with Crippen LogP contribution in [0.5, 0.6) is 0 Å². The second kappa shape index (κ2) is 3.47. The number of nitro benzene ring substituents is 1. The van der Waals surface area contributed by atoms with Crippen molar-refractivity contribution in [2.75, 3.05) is 5.32 Å². The molecule has 16 heavy (non-hydrogen) atoms. The summed E-state index contributed by atoms with van der Waals surface area (Å²) in [6.45, 7) is 6.13. The summed E-state index contributed by atoms with van der Waals surface area (Å²) in [5.41, 5.74) is 2.04. The van der Waals surface area contributed by atoms with Crippen LogP contribution >= 0.6 is 0 Å². The smallest absolute Gasteiger partial charge is 0.274 e. The Morgan fingerprint density at radius 1 is 1.50 bits per heavy atom. The molecule has 0 radical (unpaired) electrons. The molecule has 1 unspecified atom stereocenters. The number of nitro groups is 1. The van der Waals surface area contributed by atoms with Crippen LogP contribution in [0.2, 0.25) is 0 Å². The average Bonchev–Trinajstić information content (AvgIpc) is 2.76. The first-order valence-corrected chi connectivity index (χ1v) is 5.42. The van der Waals surface area contributed by atoms with Gasteiger partial charge in [0.05, 0.1) is 4.92 Å². The van der Waals surface area contributed by atoms with E-state index in [1.54, 1.807) is 19.1 Å². The molecule has 1 saturated carbocycles. The van der Waals surface area contributed by atoms with Gasteiger partial charge in [-0.25, -0.2) is 0 Å². The molecule has 1 aliphatic rings. The van der Waals surface area contributed by atoms with Crippen molar-refractivity contribution in [1.29, 1.82) is 0 Å². The van der Waals surface area contributed by atoms with Gasteiger partial charge in [-0.2, -0.15) is 0 Å². The SMILES string of the molecule is Cc1ccc(NC2CC2(C)C)cc1[N+](=O)[O-]. The Morgan fingerprint density at radius 3 is 2.62 bits per heavy atom. The van der Waals surface area contributed by atoms with Gasteiger partial charge >= 0.3 is 0 Å². The van der Waals surface area contributed by atoms with Gasteiger partial charge in [-0.05, 0) is 24.8 Å². The van der Waals surface area contributed by atoms with Gasteiger partial charge in [-0.1, -0.05) is 19.9 Å². The molecule has 0 bridgehead atoms. The maximum absolute atomic E-state index is 10.8. The molecule has 4 nitrogen and oxygen atoms in total. The Bertz CT molecular complexity index is 441. The van der Waals surface area contributed by atoms with E-state index in [1.165, 1.54) is 0 Å². The van der Waals surface area contributed by atoms with Gasteiger partial charge in [0.2, 0.25) is 0 Å². The number of hydrogen-bond donors (Lipinski definition) is 1. The molecule has 1 aromatic carbocycles. The summed E-state index contributed by atoms with van der Waals surface area (Å²) in [5, 5.41) is 14.1. The second-order valence-electron chi connectivity index (χ2n) is 5.15. The summed E-state index contributed by atoms with van der Waals surface area (Å²) in [5.74, 6) is 0. The first kappa shape index (κ1) is 10.9. The van der Waals surface area contributed by atoms with Gasteiger partial charge in [0.1, 0.15) is 0 Å². The standard InChI is InChI=1S/C12H16N2O2/c1-8-4-5-9(6-10(8)14(15)16)13-11-7-12(11,2)3/h4-6,11,13H,7H2,1-3H3. The van der Waals surface area contributed by atoms with Crippen LogP contribution in [0.4, 0.5) is 11.4 Å². The van der Waals surface area contributed by atoms with E-state index in [-0.39, 0.29) is 10.6 Å². The van der Waals surface area contributed by atoms with Crippen molar-refractivity contribution < 1.29 is 4.92 Å². The summed E-state index contributed by atoms with van der Waals surface area (Å²) >= 11 is 0. The number of anilines is 1. The fourth-order valence-electron chi connectivity index (χ4n) is 1.81. The highest BCUT2D eigenvalue weighted by molar-refractivity contribution is 5.56. The zero-order valence-electron chi connectivity index (χ0n) is 9.78. The summed E-state index contributed by atoms with van der Waals surface area (Å²) in [7, 11) is 0. The lowest BCUT2D eigenvalue weighted by atomic mass is 10.1. The Hall–Kier alpha value is -1.58. The minimum absolute atomic E-state index is 0.184. The normalized spacial score (nSPS) is 21.6. The molecule has 86 valence electrons. The zero-order valence-corrected chi connectivity index (χ0v) is 9.78. The molecule has 0 aliphatic heterocycles. The molecule has 1 aromatic rings. The van der Waals surface area contributed by atoms with Gasteiger partial charge in [0, 0.05) is 23.4 Å². The van der Waals surface area contributed by atoms with E-state index in [0.29, 0.717) is 17.0 Å². The number of aryl methyl sites for hydroxylation is 1. The van der Waals surface area contributed by atoms with E-state index in [2.05, 4.69) is 19.2 Å². The topological polar surface area (TPSA) is 55.2 Å². The van der Waals surface area contributed by atoms with Crippen LogP contribution in [0.3, 0.4) is 0 Å². The van der Waals surface area contributed by atoms with Crippen molar-refractivity contribution in [1.82, 2.24) is 0 Å². The van der Waals surface area contributed by atoms with Crippen molar-refractivity contribution in [2.24, 2.45) is 5.41 Å². The highest BCUT2D eigenvalue weighted by atomic mass is 16.6. The number of nitrogens with zero attached hydrogens (tertiary/aromatic N) is 1. The third-order valence-electron chi connectivity index (χ3n) is 3.26. The molecule has 0 heterocycles. The van der Waals surface area contributed by atoms with Crippen molar-refractivity contribution in [3.8, 4) is 0 Å². The van der Waals surface area contributed by atoms with E-state index in [4.69, 9.17) is 0 Å². The van der Waals surface area contributed by atoms with Gasteiger partial charge in [0.15, 0.2) is 0 Å². The molecule has 1 aliphatic carbocycles. The molecule has 0 aromatic heterocycles. The first-order valence-electron chi connectivity index (χ1n) is 5.42. The molecule has 2 rings (SSSR count). The van der Waals surface area contributed by atoms with Crippen LogP contribution in [0.15, 0.2) is 18.2 Å². The van der Waals surface area contributed by atoms with Crippen LogP contribution in [-0.2, 0) is 0 Å². The predicted molar refractivity (Wildman–Crippen MR) is 63.6 cm³/mol. The number of benzene rings is 1. The van der Waals surface area contributed by atoms with Crippen LogP contribution in [0.25, 0.3) is 0 Å². The number of rotatable bonds is 3. The average molecular weight is 220 g/mol. The lowest BCUT2D eigenvalue weighted by Gasteiger charge is -2.08. The highest BCUT2D eigenvalue weighted by Gasteiger charge is 2.45. The van der Waals surface area contributed by atoms with Gasteiger partial charge in [0.25, 0.3) is 5.69 Å². The van der Waals surface area contributed by atoms with Gasteiger partial charge in [-0.3, -0.25) is 10.1 Å². The lowest BCUT2D eigenvalue weighted by Crippen LogP contribution is -2.08. The molecule has 0 amide bonds. The minimum atomic E-state index is -0.335. The van der Waals surface area contributed by atoms with Gasteiger partial charge < -0.3 is 5.32 Å². The summed E-state index contributed by atoms with van der Waals surface area (Å²) in [6, 6.07) is 5.74. The van der Waals surface area contributed by atoms with Crippen molar-refractivity contribution in [3.63, 3.8) is 0 Å². The summed E-state index contributed by atoms with van der Waals surface area (Å²) < 4.78 is 0. The molecular formula is C12H16N2O2. The Morgan fingerprint density at radius 2 is 2.12 bits per heavy atom. The quantitative estimate of drug-likeness (QED) is 0.629. The first-order chi connectivity index (χ1) is 7.40. The third kappa shape index (κ3) is 2.01. The molecule has 0 saturated heterocycles. The zero-order chi connectivity index (χ0) is 11.9. The molecule has 0 spiro atoms.